The number of aryl methyl sites for hydroxylation is 5. The van der Waals surface area contributed by atoms with Gasteiger partial charge in [0, 0.05) is 0 Å². The molecule has 0 unspecified atom stereocenters. The van der Waals surface area contributed by atoms with Crippen LogP contribution < -0.4 is 9.64 Å². The smallest absolute Gasteiger partial charge is 0.151 e. The van der Waals surface area contributed by atoms with Gasteiger partial charge in [-0.25, -0.2) is 0 Å². The van der Waals surface area contributed by atoms with Crippen molar-refractivity contribution in [3.8, 4) is 28.7 Å². The van der Waals surface area contributed by atoms with Crippen LogP contribution in [-0.4, -0.2) is 15.3 Å². The molecule has 0 aliphatic rings. The fraction of sp³-hybridized carbons (Fsp3) is 0.172. The molecule has 5 heteroatoms. The minimum Gasteiger partial charge on any atom is -0.508 e. The van der Waals surface area contributed by atoms with Gasteiger partial charge in [0.05, 0.1) is 17.1 Å². The minimum atomic E-state index is 0.104. The Bertz CT molecular complexity index is 1270. The first-order valence-electron chi connectivity index (χ1n) is 11.1. The molecule has 34 heavy (non-hydrogen) atoms. The van der Waals surface area contributed by atoms with Crippen LogP contribution in [0, 0.1) is 34.6 Å². The van der Waals surface area contributed by atoms with Crippen molar-refractivity contribution in [2.75, 3.05) is 4.90 Å². The number of ether oxygens (including phenoxy) is 1. The van der Waals surface area contributed by atoms with Crippen LogP contribution in [0.4, 0.5) is 17.1 Å². The van der Waals surface area contributed by atoms with E-state index in [0.29, 0.717) is 28.6 Å². The van der Waals surface area contributed by atoms with Crippen LogP contribution in [0.5, 0.6) is 28.7 Å². The van der Waals surface area contributed by atoms with E-state index < -0.39 is 0 Å². The van der Waals surface area contributed by atoms with E-state index in [9.17, 15) is 15.3 Å². The van der Waals surface area contributed by atoms with Gasteiger partial charge in [0.15, 0.2) is 5.75 Å². The summed E-state index contributed by atoms with van der Waals surface area (Å²) < 4.78 is 6.31. The summed E-state index contributed by atoms with van der Waals surface area (Å²) in [6.07, 6.45) is 0. The zero-order chi connectivity index (χ0) is 24.6. The summed E-state index contributed by atoms with van der Waals surface area (Å²) in [4.78, 5) is 1.85. The molecule has 5 nitrogen and oxygen atoms in total. The number of aromatic hydroxyl groups is 3. The van der Waals surface area contributed by atoms with E-state index in [1.807, 2.05) is 75.9 Å². The fourth-order valence-corrected chi connectivity index (χ4v) is 4.40. The number of anilines is 3. The van der Waals surface area contributed by atoms with Crippen molar-refractivity contribution in [2.24, 2.45) is 0 Å². The predicted molar refractivity (Wildman–Crippen MR) is 136 cm³/mol. The first-order valence-corrected chi connectivity index (χ1v) is 11.1. The Hall–Kier alpha value is -4.12. The van der Waals surface area contributed by atoms with Crippen molar-refractivity contribution in [3.05, 3.63) is 94.5 Å². The van der Waals surface area contributed by atoms with E-state index in [0.717, 1.165) is 27.8 Å². The monoisotopic (exact) mass is 455 g/mol. The maximum atomic E-state index is 11.1. The summed E-state index contributed by atoms with van der Waals surface area (Å²) >= 11 is 0. The molecule has 0 spiro atoms. The highest BCUT2D eigenvalue weighted by molar-refractivity contribution is 5.88. The van der Waals surface area contributed by atoms with Crippen LogP contribution in [0.15, 0.2) is 66.7 Å². The Morgan fingerprint density at radius 3 is 1.68 bits per heavy atom. The first-order chi connectivity index (χ1) is 16.2. The third-order valence-electron chi connectivity index (χ3n) is 5.78. The summed E-state index contributed by atoms with van der Waals surface area (Å²) in [5, 5.41) is 31.9. The van der Waals surface area contributed by atoms with Crippen molar-refractivity contribution in [2.45, 2.75) is 34.6 Å². The van der Waals surface area contributed by atoms with Crippen molar-refractivity contribution in [3.63, 3.8) is 0 Å². The van der Waals surface area contributed by atoms with Gasteiger partial charge < -0.3 is 20.1 Å². The van der Waals surface area contributed by atoms with Gasteiger partial charge in [0.25, 0.3) is 0 Å². The van der Waals surface area contributed by atoms with Crippen LogP contribution in [0.25, 0.3) is 0 Å². The van der Waals surface area contributed by atoms with Crippen LogP contribution in [0.1, 0.15) is 27.8 Å². The van der Waals surface area contributed by atoms with Gasteiger partial charge in [-0.3, -0.25) is 4.90 Å². The molecule has 0 atom stereocenters. The molecule has 174 valence electrons. The lowest BCUT2D eigenvalue weighted by Gasteiger charge is -2.31. The Morgan fingerprint density at radius 1 is 0.588 bits per heavy atom. The van der Waals surface area contributed by atoms with Crippen LogP contribution in [0.3, 0.4) is 0 Å². The van der Waals surface area contributed by atoms with Gasteiger partial charge in [-0.15, -0.1) is 0 Å². The Balaban J connectivity index is 1.99. The van der Waals surface area contributed by atoms with E-state index in [-0.39, 0.29) is 17.2 Å². The second-order valence-electron chi connectivity index (χ2n) is 8.75. The molecule has 0 saturated carbocycles. The molecule has 0 fully saturated rings. The van der Waals surface area contributed by atoms with Gasteiger partial charge >= 0.3 is 0 Å². The molecule has 3 N–H and O–H groups in total. The average molecular weight is 456 g/mol. The molecule has 0 aromatic heterocycles. The van der Waals surface area contributed by atoms with Crippen molar-refractivity contribution < 1.29 is 20.1 Å². The molecule has 4 aromatic rings. The quantitative estimate of drug-likeness (QED) is 0.289. The molecule has 0 aliphatic carbocycles. The number of hydrogen-bond donors (Lipinski definition) is 3. The van der Waals surface area contributed by atoms with Crippen molar-refractivity contribution in [1.82, 2.24) is 0 Å². The summed E-state index contributed by atoms with van der Waals surface area (Å²) in [7, 11) is 0. The lowest BCUT2D eigenvalue weighted by molar-refractivity contribution is 0.460. The minimum absolute atomic E-state index is 0.104. The molecular weight excluding hydrogens is 426 g/mol. The van der Waals surface area contributed by atoms with E-state index >= 15 is 0 Å². The number of benzene rings is 4. The Kier molecular flexibility index (Phi) is 6.12. The molecule has 0 saturated heterocycles. The molecule has 0 radical (unpaired) electrons. The Morgan fingerprint density at radius 2 is 1.15 bits per heavy atom. The largest absolute Gasteiger partial charge is 0.508 e. The topological polar surface area (TPSA) is 73.2 Å². The van der Waals surface area contributed by atoms with E-state index in [2.05, 4.69) is 0 Å². The summed E-state index contributed by atoms with van der Waals surface area (Å²) in [6.45, 7) is 9.59. The zero-order valence-corrected chi connectivity index (χ0v) is 20.0. The number of phenolic OH excluding ortho intramolecular Hbond substituents is 3. The van der Waals surface area contributed by atoms with Crippen molar-refractivity contribution >= 4 is 17.1 Å². The van der Waals surface area contributed by atoms with Gasteiger partial charge in [0.2, 0.25) is 0 Å². The maximum Gasteiger partial charge on any atom is 0.151 e. The summed E-state index contributed by atoms with van der Waals surface area (Å²) in [6, 6.07) is 19.8. The lowest BCUT2D eigenvalue weighted by Crippen LogP contribution is -2.14. The SMILES string of the molecule is Cc1cc(C)c(N(c2ccccc2Oc2ccc(O)cc2C)c2c(C)cc(C)cc2O)c(O)c1. The van der Waals surface area contributed by atoms with Gasteiger partial charge in [-0.2, -0.15) is 0 Å². The summed E-state index contributed by atoms with van der Waals surface area (Å²) in [5.41, 5.74) is 6.14. The van der Waals surface area contributed by atoms with E-state index in [1.165, 1.54) is 0 Å². The number of hydrogen-bond acceptors (Lipinski definition) is 5. The summed E-state index contributed by atoms with van der Waals surface area (Å²) in [5.74, 6) is 1.51. The number of para-hydroxylation sites is 2. The van der Waals surface area contributed by atoms with Gasteiger partial charge in [0.1, 0.15) is 23.0 Å². The molecule has 4 aromatic carbocycles. The van der Waals surface area contributed by atoms with E-state index in [4.69, 9.17) is 4.74 Å². The highest BCUT2D eigenvalue weighted by Crippen LogP contribution is 2.50. The third-order valence-corrected chi connectivity index (χ3v) is 5.78. The van der Waals surface area contributed by atoms with E-state index in [1.54, 1.807) is 30.3 Å². The average Bonchev–Trinajstić information content (AvgIpc) is 2.74. The number of nitrogens with zero attached hydrogens (tertiary/aromatic N) is 1. The highest BCUT2D eigenvalue weighted by Gasteiger charge is 2.26. The van der Waals surface area contributed by atoms with Crippen molar-refractivity contribution in [1.29, 1.82) is 0 Å². The number of phenols is 3. The second kappa shape index (κ2) is 9.02. The zero-order valence-electron chi connectivity index (χ0n) is 20.0. The maximum absolute atomic E-state index is 11.1. The Labute approximate surface area is 200 Å². The molecule has 0 bridgehead atoms. The lowest BCUT2D eigenvalue weighted by atomic mass is 10.0. The highest BCUT2D eigenvalue weighted by atomic mass is 16.5. The third kappa shape index (κ3) is 4.37. The predicted octanol–water partition coefficient (Wildman–Crippen LogP) is 7.61. The van der Waals surface area contributed by atoms with Crippen LogP contribution >= 0.6 is 0 Å². The molecule has 0 amide bonds. The molecule has 0 aliphatic heterocycles. The molecule has 4 rings (SSSR count). The fourth-order valence-electron chi connectivity index (χ4n) is 4.40. The second-order valence-corrected chi connectivity index (χ2v) is 8.75. The molecule has 0 heterocycles. The number of rotatable bonds is 5. The van der Waals surface area contributed by atoms with Crippen LogP contribution in [0.2, 0.25) is 0 Å². The van der Waals surface area contributed by atoms with Gasteiger partial charge in [-0.1, -0.05) is 24.3 Å². The standard InChI is InChI=1S/C29H29NO4/c1-17-12-20(4)28(24(32)14-17)30(29-21(5)13-18(2)15-25(29)33)23-8-6-7-9-27(23)34-26-11-10-22(31)16-19(26)3/h6-16,31-33H,1-5H3. The van der Waals surface area contributed by atoms with Crippen LogP contribution in [-0.2, 0) is 0 Å². The normalized spacial score (nSPS) is 10.9. The molecular formula is C29H29NO4. The van der Waals surface area contributed by atoms with Gasteiger partial charge in [-0.05, 0) is 105 Å². The first kappa shape index (κ1) is 23.1.